The smallest absolute Gasteiger partial charge is 0.216 e. The summed E-state index contributed by atoms with van der Waals surface area (Å²) in [5, 5.41) is 4.88. The standard InChI is InChI=1S/C23H18F2N2O2/c1-14-7-8-15(19(25)11-14)13-27-20-6-4-3-5-17(20)23(28)22(26-27)18-12-16(24)9-10-21(18)29-2/h3-12H,13H2,1-2H3. The fourth-order valence-corrected chi connectivity index (χ4v) is 3.34. The van der Waals surface area contributed by atoms with Crippen LogP contribution in [-0.4, -0.2) is 16.9 Å². The molecule has 0 atom stereocenters. The second-order valence-corrected chi connectivity index (χ2v) is 6.79. The maximum absolute atomic E-state index is 14.4. The number of benzene rings is 3. The van der Waals surface area contributed by atoms with Crippen molar-refractivity contribution in [3.63, 3.8) is 0 Å². The van der Waals surface area contributed by atoms with E-state index in [0.29, 0.717) is 22.2 Å². The molecule has 146 valence electrons. The van der Waals surface area contributed by atoms with Gasteiger partial charge in [0.15, 0.2) is 0 Å². The molecule has 1 heterocycles. The summed E-state index contributed by atoms with van der Waals surface area (Å²) >= 11 is 0. The largest absolute Gasteiger partial charge is 0.496 e. The summed E-state index contributed by atoms with van der Waals surface area (Å²) in [7, 11) is 1.44. The lowest BCUT2D eigenvalue weighted by Crippen LogP contribution is -2.18. The van der Waals surface area contributed by atoms with Crippen molar-refractivity contribution in [3.8, 4) is 17.0 Å². The zero-order chi connectivity index (χ0) is 20.5. The molecule has 3 aromatic carbocycles. The maximum Gasteiger partial charge on any atom is 0.216 e. The van der Waals surface area contributed by atoms with Crippen LogP contribution in [0, 0.1) is 18.6 Å². The van der Waals surface area contributed by atoms with E-state index in [-0.39, 0.29) is 29.0 Å². The van der Waals surface area contributed by atoms with Crippen LogP contribution in [0.25, 0.3) is 22.2 Å². The van der Waals surface area contributed by atoms with Crippen LogP contribution in [0.3, 0.4) is 0 Å². The second kappa shape index (κ2) is 7.47. The van der Waals surface area contributed by atoms with Crippen LogP contribution in [0.4, 0.5) is 8.78 Å². The first-order valence-electron chi connectivity index (χ1n) is 9.06. The van der Waals surface area contributed by atoms with Crippen LogP contribution in [-0.2, 0) is 6.54 Å². The lowest BCUT2D eigenvalue weighted by molar-refractivity contribution is 0.415. The third kappa shape index (κ3) is 3.49. The van der Waals surface area contributed by atoms with Gasteiger partial charge in [0, 0.05) is 10.9 Å². The van der Waals surface area contributed by atoms with Gasteiger partial charge in [0.2, 0.25) is 5.43 Å². The Bertz CT molecular complexity index is 1280. The van der Waals surface area contributed by atoms with E-state index in [1.807, 2.05) is 13.0 Å². The molecule has 29 heavy (non-hydrogen) atoms. The quantitative estimate of drug-likeness (QED) is 0.505. The Balaban J connectivity index is 1.97. The maximum atomic E-state index is 14.4. The molecule has 0 spiro atoms. The highest BCUT2D eigenvalue weighted by Gasteiger charge is 2.17. The molecule has 0 radical (unpaired) electrons. The SMILES string of the molecule is COc1ccc(F)cc1-c1nn(Cc2ccc(C)cc2F)c2ccccc2c1=O. The van der Waals surface area contributed by atoms with Gasteiger partial charge in [0.25, 0.3) is 0 Å². The van der Waals surface area contributed by atoms with Gasteiger partial charge in [-0.15, -0.1) is 0 Å². The minimum absolute atomic E-state index is 0.0487. The van der Waals surface area contributed by atoms with Crippen LogP contribution in [0.15, 0.2) is 65.5 Å². The predicted octanol–water partition coefficient (Wildman–Crippen LogP) is 4.71. The van der Waals surface area contributed by atoms with Gasteiger partial charge in [-0.2, -0.15) is 5.10 Å². The van der Waals surface area contributed by atoms with E-state index < -0.39 is 5.82 Å². The molecule has 0 amide bonds. The first kappa shape index (κ1) is 18.8. The van der Waals surface area contributed by atoms with Gasteiger partial charge in [0.05, 0.1) is 24.7 Å². The zero-order valence-electron chi connectivity index (χ0n) is 15.9. The summed E-state index contributed by atoms with van der Waals surface area (Å²) in [6.45, 7) is 1.94. The van der Waals surface area contributed by atoms with E-state index in [1.54, 1.807) is 35.0 Å². The van der Waals surface area contributed by atoms with Crippen molar-refractivity contribution in [2.75, 3.05) is 7.11 Å². The summed E-state index contributed by atoms with van der Waals surface area (Å²) < 4.78 is 35.2. The van der Waals surface area contributed by atoms with Crippen LogP contribution in [0.1, 0.15) is 11.1 Å². The molecule has 0 N–H and O–H groups in total. The van der Waals surface area contributed by atoms with E-state index in [0.717, 1.165) is 5.56 Å². The Labute approximate surface area is 166 Å². The first-order chi connectivity index (χ1) is 14.0. The van der Waals surface area contributed by atoms with Gasteiger partial charge < -0.3 is 4.74 Å². The Hall–Kier alpha value is -3.54. The Morgan fingerprint density at radius 1 is 1.03 bits per heavy atom. The van der Waals surface area contributed by atoms with Gasteiger partial charge in [-0.1, -0.05) is 24.3 Å². The minimum Gasteiger partial charge on any atom is -0.496 e. The highest BCUT2D eigenvalue weighted by Crippen LogP contribution is 2.28. The number of halogens is 2. The molecule has 4 nitrogen and oxygen atoms in total. The van der Waals surface area contributed by atoms with Gasteiger partial charge in [0.1, 0.15) is 23.1 Å². The fraction of sp³-hybridized carbons (Fsp3) is 0.130. The Morgan fingerprint density at radius 3 is 2.59 bits per heavy atom. The van der Waals surface area contributed by atoms with E-state index in [2.05, 4.69) is 5.10 Å². The third-order valence-electron chi connectivity index (χ3n) is 4.81. The molecule has 4 aromatic rings. The molecule has 6 heteroatoms. The number of rotatable bonds is 4. The van der Waals surface area contributed by atoms with Gasteiger partial charge in [-0.05, 0) is 48.9 Å². The second-order valence-electron chi connectivity index (χ2n) is 6.79. The number of hydrogen-bond donors (Lipinski definition) is 0. The van der Waals surface area contributed by atoms with E-state index in [9.17, 15) is 13.6 Å². The Morgan fingerprint density at radius 2 is 1.83 bits per heavy atom. The molecule has 0 saturated heterocycles. The Kier molecular flexibility index (Phi) is 4.84. The number of nitrogens with zero attached hydrogens (tertiary/aromatic N) is 2. The molecule has 4 rings (SSSR count). The molecule has 0 aliphatic rings. The topological polar surface area (TPSA) is 44.1 Å². The number of fused-ring (bicyclic) bond motifs is 1. The molecule has 0 aliphatic heterocycles. The van der Waals surface area contributed by atoms with Crippen molar-refractivity contribution in [3.05, 3.63) is 93.6 Å². The van der Waals surface area contributed by atoms with Crippen molar-refractivity contribution in [2.45, 2.75) is 13.5 Å². The van der Waals surface area contributed by atoms with E-state index >= 15 is 0 Å². The number of aromatic nitrogens is 2. The number of methoxy groups -OCH3 is 1. The van der Waals surface area contributed by atoms with Crippen LogP contribution < -0.4 is 10.2 Å². The van der Waals surface area contributed by atoms with E-state index in [4.69, 9.17) is 4.74 Å². The molecule has 0 aliphatic carbocycles. The molecular formula is C23H18F2N2O2. The van der Waals surface area contributed by atoms with Crippen molar-refractivity contribution in [1.82, 2.24) is 9.78 Å². The summed E-state index contributed by atoms with van der Waals surface area (Å²) in [4.78, 5) is 13.1. The van der Waals surface area contributed by atoms with Crippen molar-refractivity contribution < 1.29 is 13.5 Å². The normalized spacial score (nSPS) is 11.0. The van der Waals surface area contributed by atoms with Gasteiger partial charge in [-0.25, -0.2) is 8.78 Å². The van der Waals surface area contributed by atoms with Crippen molar-refractivity contribution in [2.24, 2.45) is 0 Å². The highest BCUT2D eigenvalue weighted by atomic mass is 19.1. The number of hydrogen-bond acceptors (Lipinski definition) is 3. The molecule has 0 saturated carbocycles. The number of aryl methyl sites for hydroxylation is 1. The number of para-hydroxylation sites is 1. The predicted molar refractivity (Wildman–Crippen MR) is 108 cm³/mol. The average molecular weight is 392 g/mol. The lowest BCUT2D eigenvalue weighted by atomic mass is 10.1. The zero-order valence-corrected chi connectivity index (χ0v) is 15.9. The highest BCUT2D eigenvalue weighted by molar-refractivity contribution is 5.83. The lowest BCUT2D eigenvalue weighted by Gasteiger charge is -2.14. The fourth-order valence-electron chi connectivity index (χ4n) is 3.34. The molecule has 1 aromatic heterocycles. The average Bonchev–Trinajstić information content (AvgIpc) is 2.72. The van der Waals surface area contributed by atoms with Crippen molar-refractivity contribution in [1.29, 1.82) is 0 Å². The minimum atomic E-state index is -0.508. The number of ether oxygens (including phenoxy) is 1. The van der Waals surface area contributed by atoms with Crippen molar-refractivity contribution >= 4 is 10.9 Å². The molecule has 0 bridgehead atoms. The third-order valence-corrected chi connectivity index (χ3v) is 4.81. The molecule has 0 unspecified atom stereocenters. The van der Waals surface area contributed by atoms with E-state index in [1.165, 1.54) is 31.4 Å². The summed E-state index contributed by atoms with van der Waals surface area (Å²) in [5.41, 5.74) is 1.78. The monoisotopic (exact) mass is 392 g/mol. The summed E-state index contributed by atoms with van der Waals surface area (Å²) in [6.07, 6.45) is 0. The van der Waals surface area contributed by atoms with Gasteiger partial charge >= 0.3 is 0 Å². The van der Waals surface area contributed by atoms with Gasteiger partial charge in [-0.3, -0.25) is 9.48 Å². The van der Waals surface area contributed by atoms with Crippen LogP contribution in [0.2, 0.25) is 0 Å². The molecule has 0 fully saturated rings. The summed E-state index contributed by atoms with van der Waals surface area (Å²) in [6, 6.07) is 15.8. The molecular weight excluding hydrogens is 374 g/mol. The van der Waals surface area contributed by atoms with Crippen LogP contribution in [0.5, 0.6) is 5.75 Å². The van der Waals surface area contributed by atoms with Crippen LogP contribution >= 0.6 is 0 Å². The summed E-state index contributed by atoms with van der Waals surface area (Å²) in [5.74, 6) is -0.523. The first-order valence-corrected chi connectivity index (χ1v) is 9.06.